The van der Waals surface area contributed by atoms with Crippen LogP contribution in [0.5, 0.6) is 0 Å². The first kappa shape index (κ1) is 31.5. The molecular formula is C23H40NNaO5. The number of ether oxygens (including phenoxy) is 1. The van der Waals surface area contributed by atoms with Crippen molar-refractivity contribution in [3.8, 4) is 0 Å². The predicted octanol–water partition coefficient (Wildman–Crippen LogP) is 0.955. The summed E-state index contributed by atoms with van der Waals surface area (Å²) in [6.45, 7) is 2.24. The van der Waals surface area contributed by atoms with E-state index in [-0.39, 0.29) is 48.8 Å². The zero-order chi connectivity index (χ0) is 21.7. The number of nitrogens with two attached hydrogens (primary N) is 1. The van der Waals surface area contributed by atoms with E-state index in [1.54, 1.807) is 0 Å². The summed E-state index contributed by atoms with van der Waals surface area (Å²) in [6, 6.07) is -1.11. The molecule has 1 atom stereocenters. The summed E-state index contributed by atoms with van der Waals surface area (Å²) in [5, 5.41) is 10.3. The van der Waals surface area contributed by atoms with E-state index in [2.05, 4.69) is 23.8 Å². The van der Waals surface area contributed by atoms with Gasteiger partial charge in [0.15, 0.2) is 0 Å². The maximum absolute atomic E-state index is 11.6. The molecule has 0 amide bonds. The van der Waals surface area contributed by atoms with Gasteiger partial charge in [0.2, 0.25) is 0 Å². The number of allylic oxidation sites excluding steroid dienone is 2. The van der Waals surface area contributed by atoms with Crippen LogP contribution in [0.15, 0.2) is 12.2 Å². The van der Waals surface area contributed by atoms with Crippen molar-refractivity contribution >= 4 is 17.9 Å². The average molecular weight is 434 g/mol. The Morgan fingerprint density at radius 1 is 0.833 bits per heavy atom. The number of carbonyl (C=O) groups excluding carboxylic acids is 3. The molecule has 2 N–H and O–H groups in total. The molecule has 1 unspecified atom stereocenters. The van der Waals surface area contributed by atoms with E-state index < -0.39 is 23.9 Å². The van der Waals surface area contributed by atoms with Crippen LogP contribution in [0.1, 0.15) is 110 Å². The molecule has 0 saturated heterocycles. The molecule has 30 heavy (non-hydrogen) atoms. The van der Waals surface area contributed by atoms with Gasteiger partial charge in [0.05, 0.1) is 0 Å². The molecule has 168 valence electrons. The molecule has 0 spiro atoms. The van der Waals surface area contributed by atoms with E-state index in [0.717, 1.165) is 32.1 Å². The Labute approximate surface area is 204 Å². The van der Waals surface area contributed by atoms with Gasteiger partial charge in [-0.25, -0.2) is 4.79 Å². The third-order valence-electron chi connectivity index (χ3n) is 4.82. The number of rotatable bonds is 19. The van der Waals surface area contributed by atoms with E-state index in [0.29, 0.717) is 6.42 Å². The summed E-state index contributed by atoms with van der Waals surface area (Å²) in [7, 11) is 0. The van der Waals surface area contributed by atoms with E-state index in [4.69, 9.17) is 5.73 Å². The zero-order valence-electron chi connectivity index (χ0n) is 19.2. The van der Waals surface area contributed by atoms with Crippen molar-refractivity contribution in [1.29, 1.82) is 0 Å². The molecule has 0 aliphatic rings. The number of hydrogen-bond donors (Lipinski definition) is 1. The van der Waals surface area contributed by atoms with Crippen LogP contribution < -0.4 is 40.4 Å². The second kappa shape index (κ2) is 23.0. The van der Waals surface area contributed by atoms with Crippen molar-refractivity contribution in [3.63, 3.8) is 0 Å². The van der Waals surface area contributed by atoms with Gasteiger partial charge in [-0.1, -0.05) is 70.4 Å². The Morgan fingerprint density at radius 2 is 1.33 bits per heavy atom. The molecule has 0 heterocycles. The van der Waals surface area contributed by atoms with Gasteiger partial charge in [-0.3, -0.25) is 4.79 Å². The normalized spacial score (nSPS) is 11.8. The van der Waals surface area contributed by atoms with Crippen molar-refractivity contribution in [3.05, 3.63) is 12.2 Å². The van der Waals surface area contributed by atoms with Crippen LogP contribution in [-0.2, 0) is 19.1 Å². The van der Waals surface area contributed by atoms with Crippen molar-refractivity contribution in [2.45, 2.75) is 116 Å². The zero-order valence-corrected chi connectivity index (χ0v) is 21.2. The van der Waals surface area contributed by atoms with Crippen LogP contribution in [-0.4, -0.2) is 23.9 Å². The van der Waals surface area contributed by atoms with Crippen LogP contribution in [0.25, 0.3) is 0 Å². The number of unbranched alkanes of at least 4 members (excludes halogenated alkanes) is 11. The first-order valence-electron chi connectivity index (χ1n) is 11.3. The molecule has 0 aliphatic carbocycles. The van der Waals surface area contributed by atoms with Gasteiger partial charge in [-0.15, -0.1) is 0 Å². The number of esters is 2. The second-order valence-electron chi connectivity index (χ2n) is 7.64. The minimum absolute atomic E-state index is 0. The number of aliphatic carboxylic acids is 1. The third kappa shape index (κ3) is 22.0. The minimum Gasteiger partial charge on any atom is -0.550 e. The Bertz CT molecular complexity index is 482. The van der Waals surface area contributed by atoms with Crippen LogP contribution >= 0.6 is 0 Å². The molecule has 0 saturated carbocycles. The van der Waals surface area contributed by atoms with Gasteiger partial charge < -0.3 is 20.4 Å². The summed E-state index contributed by atoms with van der Waals surface area (Å²) >= 11 is 0. The molecule has 0 aliphatic heterocycles. The minimum atomic E-state index is -1.28. The molecule has 0 aromatic carbocycles. The van der Waals surface area contributed by atoms with Crippen molar-refractivity contribution in [2.75, 3.05) is 0 Å². The molecule has 0 aromatic heterocycles. The second-order valence-corrected chi connectivity index (χ2v) is 7.64. The predicted molar refractivity (Wildman–Crippen MR) is 113 cm³/mol. The van der Waals surface area contributed by atoms with Gasteiger partial charge in [-0.2, -0.15) is 0 Å². The first-order valence-corrected chi connectivity index (χ1v) is 11.3. The average Bonchev–Trinajstić information content (AvgIpc) is 2.68. The van der Waals surface area contributed by atoms with Gasteiger partial charge in [0.1, 0.15) is 6.04 Å². The third-order valence-corrected chi connectivity index (χ3v) is 4.82. The van der Waals surface area contributed by atoms with Crippen LogP contribution in [0.2, 0.25) is 0 Å². The maximum Gasteiger partial charge on any atom is 1.00 e. The molecule has 0 fully saturated rings. The summed E-state index contributed by atoms with van der Waals surface area (Å²) in [6.07, 6.45) is 19.6. The van der Waals surface area contributed by atoms with Gasteiger partial charge in [-0.05, 0) is 44.9 Å². The molecule has 0 bridgehead atoms. The maximum atomic E-state index is 11.6. The number of carboxylic acids is 1. The standard InChI is InChI=1S/C23H41NO5.Na/c1-2-3-4-5-6-7-8-9-10-11-12-13-14-15-16-17-22(27)29-23(28)20(24)18-19-21(25)26;/h9-10,20H,2-8,11-19,24H2,1H3,(H,25,26);/q;+1/p-1/b10-9-;. The number of carbonyl (C=O) groups is 3. The Balaban J connectivity index is 0. The fourth-order valence-electron chi connectivity index (χ4n) is 2.97. The van der Waals surface area contributed by atoms with Gasteiger partial charge in [0, 0.05) is 12.4 Å². The molecule has 0 radical (unpaired) electrons. The van der Waals surface area contributed by atoms with Crippen molar-refractivity contribution in [1.82, 2.24) is 0 Å². The van der Waals surface area contributed by atoms with Crippen LogP contribution in [0, 0.1) is 0 Å². The Morgan fingerprint density at radius 3 is 1.87 bits per heavy atom. The summed E-state index contributed by atoms with van der Waals surface area (Å²) in [4.78, 5) is 33.5. The first-order chi connectivity index (χ1) is 14.0. The largest absolute Gasteiger partial charge is 1.00 e. The topological polar surface area (TPSA) is 110 Å². The van der Waals surface area contributed by atoms with E-state index in [9.17, 15) is 19.5 Å². The Hall–Kier alpha value is -0.690. The van der Waals surface area contributed by atoms with Crippen LogP contribution in [0.3, 0.4) is 0 Å². The summed E-state index contributed by atoms with van der Waals surface area (Å²) in [5.74, 6) is -2.76. The van der Waals surface area contributed by atoms with E-state index >= 15 is 0 Å². The summed E-state index contributed by atoms with van der Waals surface area (Å²) in [5.41, 5.74) is 5.48. The fourth-order valence-corrected chi connectivity index (χ4v) is 2.97. The molecular weight excluding hydrogens is 393 g/mol. The van der Waals surface area contributed by atoms with Crippen molar-refractivity contribution < 1.29 is 53.8 Å². The number of carboxylic acid groups (broad SMARTS) is 1. The van der Waals surface area contributed by atoms with Gasteiger partial charge in [0.25, 0.3) is 0 Å². The molecule has 7 heteroatoms. The van der Waals surface area contributed by atoms with Crippen LogP contribution in [0.4, 0.5) is 0 Å². The van der Waals surface area contributed by atoms with E-state index in [1.165, 1.54) is 44.9 Å². The monoisotopic (exact) mass is 433 g/mol. The van der Waals surface area contributed by atoms with Crippen molar-refractivity contribution in [2.24, 2.45) is 5.73 Å². The van der Waals surface area contributed by atoms with E-state index in [1.807, 2.05) is 0 Å². The fraction of sp³-hybridized carbons (Fsp3) is 0.783. The Kier molecular flexibility index (Phi) is 24.1. The summed E-state index contributed by atoms with van der Waals surface area (Å²) < 4.78 is 4.64. The molecule has 0 rings (SSSR count). The molecule has 6 nitrogen and oxygen atoms in total. The quantitative estimate of drug-likeness (QED) is 0.107. The van der Waals surface area contributed by atoms with Gasteiger partial charge >= 0.3 is 41.5 Å². The SMILES string of the molecule is CCCCCCCC/C=C\CCCCCCCC(=O)OC(=O)C(N)CCC(=O)[O-].[Na+]. The molecule has 0 aromatic rings. The number of hydrogen-bond acceptors (Lipinski definition) is 6. The smallest absolute Gasteiger partial charge is 0.550 e.